The number of nitrogens with zero attached hydrogens (tertiary/aromatic N) is 2. The number of sulfone groups is 1. The fourth-order valence-corrected chi connectivity index (χ4v) is 4.73. The highest BCUT2D eigenvalue weighted by molar-refractivity contribution is 14.0. The van der Waals surface area contributed by atoms with E-state index < -0.39 is 9.84 Å². The van der Waals surface area contributed by atoms with E-state index in [1.807, 2.05) is 6.92 Å². The lowest BCUT2D eigenvalue weighted by Gasteiger charge is -2.37. The minimum atomic E-state index is -3.21. The van der Waals surface area contributed by atoms with Crippen LogP contribution in [-0.2, 0) is 22.1 Å². The minimum Gasteiger partial charge on any atom is -0.357 e. The minimum absolute atomic E-state index is 0. The molecule has 0 radical (unpaired) electrons. The van der Waals surface area contributed by atoms with Crippen molar-refractivity contribution in [2.24, 2.45) is 10.9 Å². The van der Waals surface area contributed by atoms with E-state index in [1.54, 1.807) is 0 Å². The molecule has 1 saturated heterocycles. The van der Waals surface area contributed by atoms with E-state index in [9.17, 15) is 12.8 Å². The van der Waals surface area contributed by atoms with Gasteiger partial charge in [-0.3, -0.25) is 4.90 Å². The fraction of sp³-hybridized carbons (Fsp3) is 0.682. The molecule has 0 aliphatic carbocycles. The number of piperidine rings is 1. The summed E-state index contributed by atoms with van der Waals surface area (Å²) in [6.07, 6.45) is 4.84. The average molecular weight is 569 g/mol. The van der Waals surface area contributed by atoms with Gasteiger partial charge in [0, 0.05) is 31.9 Å². The number of benzene rings is 1. The summed E-state index contributed by atoms with van der Waals surface area (Å²) in [4.78, 5) is 7.16. The molecule has 1 heterocycles. The molecular formula is C22H38FIN4O2S. The first-order chi connectivity index (χ1) is 14.2. The SMILES string of the molecule is CCNC(=NCc1cc(F)ccc1CS(C)(=O)=O)NCC1CCCCN1CC(C)C.I. The van der Waals surface area contributed by atoms with Crippen LogP contribution in [0.2, 0.25) is 0 Å². The van der Waals surface area contributed by atoms with Gasteiger partial charge in [-0.15, -0.1) is 24.0 Å². The van der Waals surface area contributed by atoms with Crippen LogP contribution >= 0.6 is 24.0 Å². The maximum atomic E-state index is 13.8. The molecule has 1 aromatic rings. The zero-order valence-corrected chi connectivity index (χ0v) is 22.3. The maximum absolute atomic E-state index is 13.8. The van der Waals surface area contributed by atoms with Gasteiger partial charge in [0.15, 0.2) is 15.8 Å². The molecule has 6 nitrogen and oxygen atoms in total. The van der Waals surface area contributed by atoms with E-state index in [0.29, 0.717) is 35.6 Å². The third-order valence-electron chi connectivity index (χ3n) is 5.19. The normalized spacial score (nSPS) is 18.0. The number of hydrogen-bond donors (Lipinski definition) is 2. The largest absolute Gasteiger partial charge is 0.357 e. The topological polar surface area (TPSA) is 73.8 Å². The molecular weight excluding hydrogens is 530 g/mol. The van der Waals surface area contributed by atoms with Crippen LogP contribution in [0.25, 0.3) is 0 Å². The van der Waals surface area contributed by atoms with Gasteiger partial charge < -0.3 is 10.6 Å². The second-order valence-electron chi connectivity index (χ2n) is 8.60. The van der Waals surface area contributed by atoms with E-state index in [4.69, 9.17) is 0 Å². The lowest BCUT2D eigenvalue weighted by molar-refractivity contribution is 0.133. The Bertz CT molecular complexity index is 818. The van der Waals surface area contributed by atoms with Crippen LogP contribution in [0, 0.1) is 11.7 Å². The molecule has 0 saturated carbocycles. The summed E-state index contributed by atoms with van der Waals surface area (Å²) < 4.78 is 37.2. The zero-order chi connectivity index (χ0) is 22.1. The average Bonchev–Trinajstić information content (AvgIpc) is 2.65. The standard InChI is InChI=1S/C22H37FN4O2S.HI/c1-5-24-22(26-14-21-8-6-7-11-27(21)15-17(2)3)25-13-19-12-20(23)10-9-18(19)16-30(4,28)29;/h9-10,12,17,21H,5-8,11,13-16H2,1-4H3,(H2,24,25,26);1H. The smallest absolute Gasteiger partial charge is 0.191 e. The summed E-state index contributed by atoms with van der Waals surface area (Å²) in [6, 6.07) is 4.68. The van der Waals surface area contributed by atoms with Gasteiger partial charge in [-0.1, -0.05) is 26.3 Å². The van der Waals surface area contributed by atoms with E-state index in [-0.39, 0.29) is 42.1 Å². The second-order valence-corrected chi connectivity index (χ2v) is 10.7. The van der Waals surface area contributed by atoms with Gasteiger partial charge in [0.05, 0.1) is 12.3 Å². The van der Waals surface area contributed by atoms with Crippen molar-refractivity contribution >= 4 is 39.8 Å². The summed E-state index contributed by atoms with van der Waals surface area (Å²) in [5.74, 6) is 0.798. The molecule has 31 heavy (non-hydrogen) atoms. The first kappa shape index (κ1) is 28.1. The summed E-state index contributed by atoms with van der Waals surface area (Å²) in [5, 5.41) is 6.67. The van der Waals surface area contributed by atoms with Crippen LogP contribution in [0.3, 0.4) is 0 Å². The lowest BCUT2D eigenvalue weighted by atomic mass is 10.0. The van der Waals surface area contributed by atoms with E-state index >= 15 is 0 Å². The van der Waals surface area contributed by atoms with E-state index in [1.165, 1.54) is 43.7 Å². The van der Waals surface area contributed by atoms with Crippen molar-refractivity contribution in [1.29, 1.82) is 0 Å². The molecule has 1 fully saturated rings. The van der Waals surface area contributed by atoms with Crippen molar-refractivity contribution in [2.75, 3.05) is 32.4 Å². The fourth-order valence-electron chi connectivity index (χ4n) is 3.89. The van der Waals surface area contributed by atoms with E-state index in [0.717, 1.165) is 19.6 Å². The van der Waals surface area contributed by atoms with Crippen LogP contribution < -0.4 is 10.6 Å². The molecule has 2 rings (SSSR count). The number of hydrogen-bond acceptors (Lipinski definition) is 4. The molecule has 0 amide bonds. The number of guanidine groups is 1. The zero-order valence-electron chi connectivity index (χ0n) is 19.2. The summed E-state index contributed by atoms with van der Waals surface area (Å²) in [6.45, 7) is 10.5. The summed E-state index contributed by atoms with van der Waals surface area (Å²) in [7, 11) is -3.21. The monoisotopic (exact) mass is 568 g/mol. The Kier molecular flexibility index (Phi) is 12.3. The number of rotatable bonds is 9. The number of halogens is 2. The Morgan fingerprint density at radius 1 is 1.26 bits per heavy atom. The molecule has 0 aromatic heterocycles. The van der Waals surface area contributed by atoms with Crippen molar-refractivity contribution < 1.29 is 12.8 Å². The number of aliphatic imine (C=N–C) groups is 1. The van der Waals surface area contributed by atoms with Gasteiger partial charge >= 0.3 is 0 Å². The summed E-state index contributed by atoms with van der Waals surface area (Å²) in [5.41, 5.74) is 1.19. The van der Waals surface area contributed by atoms with Crippen molar-refractivity contribution in [3.05, 3.63) is 35.1 Å². The van der Waals surface area contributed by atoms with Crippen LogP contribution in [0.5, 0.6) is 0 Å². The van der Waals surface area contributed by atoms with Crippen molar-refractivity contribution in [2.45, 2.75) is 58.4 Å². The van der Waals surface area contributed by atoms with Crippen molar-refractivity contribution in [1.82, 2.24) is 15.5 Å². The lowest BCUT2D eigenvalue weighted by Crippen LogP contribution is -2.50. The van der Waals surface area contributed by atoms with Crippen LogP contribution in [-0.4, -0.2) is 57.8 Å². The molecule has 178 valence electrons. The first-order valence-electron chi connectivity index (χ1n) is 10.9. The van der Waals surface area contributed by atoms with Crippen LogP contribution in [0.1, 0.15) is 51.2 Å². The van der Waals surface area contributed by atoms with Gasteiger partial charge in [0.2, 0.25) is 0 Å². The van der Waals surface area contributed by atoms with Gasteiger partial charge in [0.25, 0.3) is 0 Å². The third-order valence-corrected chi connectivity index (χ3v) is 6.03. The van der Waals surface area contributed by atoms with Gasteiger partial charge in [-0.2, -0.15) is 0 Å². The molecule has 1 aliphatic rings. The molecule has 0 spiro atoms. The van der Waals surface area contributed by atoms with E-state index in [2.05, 4.69) is 34.4 Å². The Morgan fingerprint density at radius 2 is 2.00 bits per heavy atom. The Hall–Kier alpha value is -0.940. The van der Waals surface area contributed by atoms with Gasteiger partial charge in [0.1, 0.15) is 5.82 Å². The molecule has 1 unspecified atom stereocenters. The quantitative estimate of drug-likeness (QED) is 0.271. The molecule has 0 bridgehead atoms. The first-order valence-corrected chi connectivity index (χ1v) is 12.9. The third kappa shape index (κ3) is 10.5. The maximum Gasteiger partial charge on any atom is 0.191 e. The molecule has 1 aromatic carbocycles. The van der Waals surface area contributed by atoms with Gasteiger partial charge in [-0.05, 0) is 55.5 Å². The van der Waals surface area contributed by atoms with Crippen molar-refractivity contribution in [3.8, 4) is 0 Å². The number of nitrogens with one attached hydrogen (secondary N) is 2. The molecule has 9 heteroatoms. The Morgan fingerprint density at radius 3 is 2.65 bits per heavy atom. The van der Waals surface area contributed by atoms with Gasteiger partial charge in [-0.25, -0.2) is 17.8 Å². The second kappa shape index (κ2) is 13.6. The molecule has 1 aliphatic heterocycles. The Labute approximate surface area is 204 Å². The Balaban J connectivity index is 0.00000480. The summed E-state index contributed by atoms with van der Waals surface area (Å²) >= 11 is 0. The predicted molar refractivity (Wildman–Crippen MR) is 137 cm³/mol. The highest BCUT2D eigenvalue weighted by atomic mass is 127. The highest BCUT2D eigenvalue weighted by Crippen LogP contribution is 2.18. The highest BCUT2D eigenvalue weighted by Gasteiger charge is 2.23. The van der Waals surface area contributed by atoms with Crippen molar-refractivity contribution in [3.63, 3.8) is 0 Å². The number of likely N-dealkylation sites (tertiary alicyclic amines) is 1. The molecule has 1 atom stereocenters. The predicted octanol–water partition coefficient (Wildman–Crippen LogP) is 3.55. The van der Waals surface area contributed by atoms with Crippen LogP contribution in [0.4, 0.5) is 4.39 Å². The molecule has 2 N–H and O–H groups in total. The van der Waals surface area contributed by atoms with Crippen LogP contribution in [0.15, 0.2) is 23.2 Å².